The third kappa shape index (κ3) is 8.76. The summed E-state index contributed by atoms with van der Waals surface area (Å²) in [6.45, 7) is 15.7. The van der Waals surface area contributed by atoms with Crippen molar-refractivity contribution in [1.82, 2.24) is 20.6 Å². The predicted molar refractivity (Wildman–Crippen MR) is 214 cm³/mol. The zero-order valence-corrected chi connectivity index (χ0v) is 34.8. The number of carbonyl (C=O) groups excluding carboxylic acids is 2. The van der Waals surface area contributed by atoms with Gasteiger partial charge in [-0.3, -0.25) is 14.4 Å². The number of rotatable bonds is 14. The van der Waals surface area contributed by atoms with Crippen molar-refractivity contribution in [1.29, 1.82) is 0 Å². The zero-order chi connectivity index (χ0) is 39.9. The second-order valence-corrected chi connectivity index (χ2v) is 18.6. The lowest BCUT2D eigenvalue weighted by Gasteiger charge is -2.62. The van der Waals surface area contributed by atoms with Crippen LogP contribution in [0.4, 0.5) is 5.69 Å². The first-order chi connectivity index (χ1) is 25.3. The summed E-state index contributed by atoms with van der Waals surface area (Å²) < 4.78 is 6.08. The molecule has 2 amide bonds. The van der Waals surface area contributed by atoms with Crippen molar-refractivity contribution in [2.45, 2.75) is 105 Å². The molecule has 2 aromatic carbocycles. The van der Waals surface area contributed by atoms with Crippen LogP contribution in [-0.2, 0) is 16.2 Å². The summed E-state index contributed by atoms with van der Waals surface area (Å²) >= 11 is 0. The number of aliphatic hydroxyl groups excluding tert-OH is 2. The molecule has 54 heavy (non-hydrogen) atoms. The van der Waals surface area contributed by atoms with Gasteiger partial charge in [0.1, 0.15) is 17.9 Å². The van der Waals surface area contributed by atoms with Crippen LogP contribution in [0.1, 0.15) is 83.7 Å². The summed E-state index contributed by atoms with van der Waals surface area (Å²) in [5, 5.41) is 29.6. The van der Waals surface area contributed by atoms with Gasteiger partial charge in [-0.2, -0.15) is 5.06 Å². The van der Waals surface area contributed by atoms with Gasteiger partial charge in [0, 0.05) is 55.5 Å². The minimum absolute atomic E-state index is 0.0327. The number of anilines is 1. The third-order valence-electron chi connectivity index (χ3n) is 12.5. The van der Waals surface area contributed by atoms with Gasteiger partial charge in [-0.05, 0) is 86.6 Å². The molecule has 2 bridgehead atoms. The van der Waals surface area contributed by atoms with Crippen LogP contribution in [0.2, 0.25) is 0 Å². The molecule has 4 fully saturated rings. The molecular weight excluding hydrogens is 683 g/mol. The Labute approximate surface area is 323 Å². The lowest BCUT2D eigenvalue weighted by Crippen LogP contribution is -2.62. The lowest BCUT2D eigenvalue weighted by atomic mass is 9.45. The van der Waals surface area contributed by atoms with Crippen molar-refractivity contribution in [2.75, 3.05) is 53.4 Å². The number of nitrogens with one attached hydrogen (secondary N) is 2. The fourth-order valence-electron chi connectivity index (χ4n) is 9.71. The summed E-state index contributed by atoms with van der Waals surface area (Å²) in [5.41, 5.74) is 4.05. The predicted octanol–water partition coefficient (Wildman–Crippen LogP) is 5.19. The van der Waals surface area contributed by atoms with Crippen molar-refractivity contribution in [3.05, 3.63) is 47.5 Å². The van der Waals surface area contributed by atoms with Gasteiger partial charge in [-0.1, -0.05) is 65.8 Å². The average molecular weight is 750 g/mol. The van der Waals surface area contributed by atoms with E-state index in [1.54, 1.807) is 19.1 Å². The number of carbonyl (C=O) groups is 2. The van der Waals surface area contributed by atoms with E-state index in [1.807, 2.05) is 69.5 Å². The highest BCUT2D eigenvalue weighted by molar-refractivity contribution is 6.01. The highest BCUT2D eigenvalue weighted by atomic mass is 16.7. The van der Waals surface area contributed by atoms with E-state index in [0.29, 0.717) is 29.1 Å². The van der Waals surface area contributed by atoms with Crippen LogP contribution in [0.3, 0.4) is 0 Å². The van der Waals surface area contributed by atoms with Gasteiger partial charge in [0.05, 0.1) is 31.9 Å². The summed E-state index contributed by atoms with van der Waals surface area (Å²) in [7, 11) is 9.51. The van der Waals surface area contributed by atoms with Crippen molar-refractivity contribution in [3.63, 3.8) is 0 Å². The Hall–Kier alpha value is -3.22. The Morgan fingerprint density at radius 1 is 1.11 bits per heavy atom. The monoisotopic (exact) mass is 750 g/mol. The number of hydrogen-bond donors (Lipinski definition) is 4. The molecule has 6 rings (SSSR count). The Morgan fingerprint density at radius 2 is 1.81 bits per heavy atom. The van der Waals surface area contributed by atoms with Crippen molar-refractivity contribution >= 4 is 17.5 Å². The number of ether oxygens (including phenoxy) is 1. The molecule has 0 aromatic heterocycles. The van der Waals surface area contributed by atoms with Crippen LogP contribution >= 0.6 is 0 Å². The Kier molecular flexibility index (Phi) is 12.8. The number of benzene rings is 2. The number of nitrogens with zero attached hydrogens (tertiary/aromatic N) is 3. The van der Waals surface area contributed by atoms with E-state index in [0.717, 1.165) is 41.8 Å². The molecule has 11 heteroatoms. The summed E-state index contributed by atoms with van der Waals surface area (Å²) in [6, 6.07) is 10.9. The maximum Gasteiger partial charge on any atom is 0.253 e. The van der Waals surface area contributed by atoms with Crippen LogP contribution in [0.25, 0.3) is 11.1 Å². The Morgan fingerprint density at radius 3 is 2.37 bits per heavy atom. The molecule has 3 saturated carbocycles. The summed E-state index contributed by atoms with van der Waals surface area (Å²) in [6.07, 6.45) is 1.32. The maximum atomic E-state index is 14.3. The molecule has 2 aromatic rings. The quantitative estimate of drug-likeness (QED) is 0.207. The molecule has 0 spiro atoms. The van der Waals surface area contributed by atoms with E-state index >= 15 is 0 Å². The lowest BCUT2D eigenvalue weighted by molar-refractivity contribution is -0.183. The first-order valence-electron chi connectivity index (χ1n) is 19.7. The van der Waals surface area contributed by atoms with Crippen LogP contribution in [-0.4, -0.2) is 111 Å². The molecule has 3 aliphatic carbocycles. The largest absolute Gasteiger partial charge is 0.496 e. The van der Waals surface area contributed by atoms with E-state index in [4.69, 9.17) is 9.57 Å². The number of hydrogen-bond acceptors (Lipinski definition) is 9. The number of amides is 2. The molecule has 0 unspecified atom stereocenters. The highest BCUT2D eigenvalue weighted by Crippen LogP contribution is 2.61. The maximum absolute atomic E-state index is 14.3. The molecule has 4 aliphatic rings. The zero-order valence-electron chi connectivity index (χ0n) is 34.8. The standard InChI is InChI=1S/C43H67N5O6/c1-25-33-19-29(43(33,6)7)20-34(25)45-41(52)38-37(26(2)50)36(24-49)54-48(38)22-28-14-13-15-31(39(28)53-12)27-16-17-35(47(10)11)32(18-27)40(51)44-30(23-46(8)9)21-42(3,4)5/h13-18,25-26,29-30,33-34,36-38,49-50H,19-24H2,1-12H3,(H,44,51)(H,45,52)/t25-,26-,29-,30-,33+,34-,36-,37+,38-/m0/s1. The van der Waals surface area contributed by atoms with Gasteiger partial charge in [0.25, 0.3) is 5.91 Å². The molecule has 11 nitrogen and oxygen atoms in total. The summed E-state index contributed by atoms with van der Waals surface area (Å²) in [5.74, 6) is 1.09. The molecule has 4 N–H and O–H groups in total. The fraction of sp³-hybridized carbons (Fsp3) is 0.674. The highest BCUT2D eigenvalue weighted by Gasteiger charge is 2.57. The van der Waals surface area contributed by atoms with E-state index in [1.165, 1.54) is 6.42 Å². The Bertz CT molecular complexity index is 1640. The van der Waals surface area contributed by atoms with Gasteiger partial charge in [-0.25, -0.2) is 0 Å². The van der Waals surface area contributed by atoms with E-state index < -0.39 is 24.2 Å². The van der Waals surface area contributed by atoms with Gasteiger partial charge in [0.2, 0.25) is 5.91 Å². The Balaban J connectivity index is 1.45. The SMILES string of the molecule is COc1c(CN2O[C@@H](CO)[C@@H]([C@H](C)O)[C@H]2C(=O)N[C@H]2C[C@@H]3C[C@H]([C@@H]2C)C3(C)C)cccc1-c1ccc(N(C)C)c(C(=O)N[C@H](CN(C)C)CC(C)(C)C)c1. The molecule has 300 valence electrons. The third-order valence-corrected chi connectivity index (χ3v) is 12.5. The number of fused-ring (bicyclic) bond motifs is 2. The van der Waals surface area contributed by atoms with Crippen LogP contribution < -0.4 is 20.3 Å². The average Bonchev–Trinajstić information content (AvgIpc) is 3.46. The first-order valence-corrected chi connectivity index (χ1v) is 19.7. The van der Waals surface area contributed by atoms with Gasteiger partial charge in [0.15, 0.2) is 0 Å². The molecular formula is C43H67N5O6. The number of hydroxylamine groups is 2. The number of aliphatic hydroxyl groups is 2. The van der Waals surface area contributed by atoms with E-state index in [-0.39, 0.29) is 47.9 Å². The molecule has 1 saturated heterocycles. The van der Waals surface area contributed by atoms with Crippen molar-refractivity contribution in [3.8, 4) is 16.9 Å². The molecule has 1 aliphatic heterocycles. The van der Waals surface area contributed by atoms with Crippen LogP contribution in [0.15, 0.2) is 36.4 Å². The molecule has 0 radical (unpaired) electrons. The molecule has 1 heterocycles. The second-order valence-electron chi connectivity index (χ2n) is 18.6. The van der Waals surface area contributed by atoms with Crippen LogP contribution in [0.5, 0.6) is 5.75 Å². The van der Waals surface area contributed by atoms with E-state index in [9.17, 15) is 19.8 Å². The van der Waals surface area contributed by atoms with Gasteiger partial charge >= 0.3 is 0 Å². The van der Waals surface area contributed by atoms with Crippen molar-refractivity contribution < 1.29 is 29.4 Å². The minimum Gasteiger partial charge on any atom is -0.496 e. The first kappa shape index (κ1) is 41.9. The second kappa shape index (κ2) is 16.5. The van der Waals surface area contributed by atoms with Gasteiger partial charge < -0.3 is 35.4 Å². The van der Waals surface area contributed by atoms with Crippen molar-refractivity contribution in [2.24, 2.45) is 34.5 Å². The molecule has 9 atom stereocenters. The topological polar surface area (TPSA) is 127 Å². The van der Waals surface area contributed by atoms with Crippen LogP contribution in [0, 0.1) is 34.5 Å². The number of likely N-dealkylation sites (N-methyl/N-ethyl adjacent to an activating group) is 1. The minimum atomic E-state index is -0.896. The normalized spacial score (nSPS) is 27.6. The number of para-hydroxylation sites is 1. The smallest absolute Gasteiger partial charge is 0.253 e. The fourth-order valence-corrected chi connectivity index (χ4v) is 9.71. The summed E-state index contributed by atoms with van der Waals surface area (Å²) in [4.78, 5) is 38.6. The number of methoxy groups -OCH3 is 1. The van der Waals surface area contributed by atoms with Gasteiger partial charge in [-0.15, -0.1) is 0 Å². The van der Waals surface area contributed by atoms with E-state index in [2.05, 4.69) is 57.1 Å².